The number of carbonyl (C=O) groups excluding carboxylic acids is 2. The lowest BCUT2D eigenvalue weighted by atomic mass is 9.88. The van der Waals surface area contributed by atoms with Gasteiger partial charge < -0.3 is 24.8 Å². The fraction of sp³-hybridized carbons (Fsp3) is 0.444. The van der Waals surface area contributed by atoms with Crippen molar-refractivity contribution in [2.24, 2.45) is 0 Å². The summed E-state index contributed by atoms with van der Waals surface area (Å²) in [5.41, 5.74) is 3.42. The van der Waals surface area contributed by atoms with E-state index in [-0.39, 0.29) is 24.5 Å². The van der Waals surface area contributed by atoms with Crippen LogP contribution in [0.5, 0.6) is 0 Å². The smallest absolute Gasteiger partial charge is 0.407 e. The number of benzene rings is 2. The number of aliphatic carboxylic acids is 1. The van der Waals surface area contributed by atoms with Gasteiger partial charge in [0, 0.05) is 18.6 Å². The summed E-state index contributed by atoms with van der Waals surface area (Å²) in [6.07, 6.45) is 1.29. The molecule has 0 radical (unpaired) electrons. The van der Waals surface area contributed by atoms with Crippen molar-refractivity contribution in [3.8, 4) is 11.1 Å². The van der Waals surface area contributed by atoms with Crippen molar-refractivity contribution in [2.75, 3.05) is 13.2 Å². The molecule has 3 fully saturated rings. The predicted molar refractivity (Wildman–Crippen MR) is 126 cm³/mol. The van der Waals surface area contributed by atoms with Crippen LogP contribution in [0.25, 0.3) is 11.1 Å². The number of ether oxygens (including phenoxy) is 2. The lowest BCUT2D eigenvalue weighted by Crippen LogP contribution is -2.57. The van der Waals surface area contributed by atoms with Crippen LogP contribution in [0.4, 0.5) is 4.79 Å². The number of alkyl carbamates (subject to hydrolysis) is 1. The summed E-state index contributed by atoms with van der Waals surface area (Å²) >= 11 is 0. The summed E-state index contributed by atoms with van der Waals surface area (Å²) in [6.45, 7) is 0.506. The number of nitrogens with one attached hydrogen (secondary N) is 1. The van der Waals surface area contributed by atoms with Crippen molar-refractivity contribution in [2.45, 2.75) is 61.7 Å². The van der Waals surface area contributed by atoms with Crippen LogP contribution < -0.4 is 5.32 Å². The number of amides is 2. The Morgan fingerprint density at radius 3 is 2.26 bits per heavy atom. The van der Waals surface area contributed by atoms with Gasteiger partial charge in [0.25, 0.3) is 5.91 Å². The van der Waals surface area contributed by atoms with Gasteiger partial charge in [-0.15, -0.1) is 0 Å². The Hall–Kier alpha value is -3.39. The van der Waals surface area contributed by atoms with Gasteiger partial charge in [-0.2, -0.15) is 0 Å². The number of rotatable bonds is 5. The molecule has 6 rings (SSSR count). The van der Waals surface area contributed by atoms with Gasteiger partial charge in [-0.25, -0.2) is 9.59 Å². The van der Waals surface area contributed by atoms with E-state index in [4.69, 9.17) is 9.47 Å². The minimum Gasteiger partial charge on any atom is -0.479 e. The normalized spacial score (nSPS) is 28.6. The molecule has 2 aromatic rings. The lowest BCUT2D eigenvalue weighted by Gasteiger charge is -2.33. The van der Waals surface area contributed by atoms with Crippen LogP contribution in [-0.2, 0) is 19.1 Å². The first kappa shape index (κ1) is 22.1. The number of fused-ring (bicyclic) bond motifs is 5. The number of carbonyl (C=O) groups is 3. The van der Waals surface area contributed by atoms with E-state index < -0.39 is 29.7 Å². The van der Waals surface area contributed by atoms with Crippen molar-refractivity contribution in [1.29, 1.82) is 0 Å². The second kappa shape index (κ2) is 8.37. The van der Waals surface area contributed by atoms with Gasteiger partial charge in [0.1, 0.15) is 12.1 Å². The number of nitrogens with zero attached hydrogens (tertiary/aromatic N) is 1. The number of carboxylic acids is 1. The Morgan fingerprint density at radius 2 is 1.63 bits per heavy atom. The van der Waals surface area contributed by atoms with Crippen LogP contribution in [0.15, 0.2) is 48.5 Å². The maximum atomic E-state index is 13.4. The van der Waals surface area contributed by atoms with Crippen LogP contribution in [0.1, 0.15) is 49.1 Å². The van der Waals surface area contributed by atoms with E-state index in [0.29, 0.717) is 38.7 Å². The number of carboxylic acid groups (broad SMARTS) is 1. The van der Waals surface area contributed by atoms with Gasteiger partial charge in [0.15, 0.2) is 6.10 Å². The van der Waals surface area contributed by atoms with Crippen LogP contribution in [0, 0.1) is 0 Å². The van der Waals surface area contributed by atoms with Gasteiger partial charge in [-0.05, 0) is 54.4 Å². The summed E-state index contributed by atoms with van der Waals surface area (Å²) in [6, 6.07) is 15.6. The second-order valence-corrected chi connectivity index (χ2v) is 9.93. The van der Waals surface area contributed by atoms with E-state index in [1.165, 1.54) is 4.90 Å². The lowest BCUT2D eigenvalue weighted by molar-refractivity contribution is -0.159. The molecule has 3 saturated heterocycles. The number of hydrogen-bond acceptors (Lipinski definition) is 5. The molecule has 0 spiro atoms. The monoisotopic (exact) mass is 476 g/mol. The topological polar surface area (TPSA) is 105 Å². The number of hydrogen-bond donors (Lipinski definition) is 2. The first-order valence-electron chi connectivity index (χ1n) is 12.3. The van der Waals surface area contributed by atoms with E-state index in [9.17, 15) is 19.5 Å². The first-order valence-corrected chi connectivity index (χ1v) is 12.3. The standard InChI is InChI=1S/C27H28N2O6/c30-24(29-16-9-12-27(29,13-10-16)25(31)32)23-22(11-14-34-23)28-26(33)35-15-21-19-7-3-1-5-17(19)18-6-2-4-8-20(18)21/h1-8,16,21-23H,9-15H2,(H,28,33)(H,31,32)/t16?,22-,23+,27?/m0/s1. The molecular formula is C27H28N2O6. The minimum absolute atomic E-state index is 0.0546. The van der Waals surface area contributed by atoms with Gasteiger partial charge in [0.2, 0.25) is 0 Å². The summed E-state index contributed by atoms with van der Waals surface area (Å²) in [4.78, 5) is 39.7. The molecule has 2 amide bonds. The highest BCUT2D eigenvalue weighted by atomic mass is 16.6. The zero-order valence-corrected chi connectivity index (χ0v) is 19.3. The predicted octanol–water partition coefficient (Wildman–Crippen LogP) is 3.29. The minimum atomic E-state index is -1.14. The maximum absolute atomic E-state index is 13.4. The average molecular weight is 477 g/mol. The van der Waals surface area contributed by atoms with Crippen LogP contribution in [-0.4, -0.2) is 64.9 Å². The molecule has 8 nitrogen and oxygen atoms in total. The zero-order chi connectivity index (χ0) is 24.2. The molecule has 2 aromatic carbocycles. The molecule has 0 saturated carbocycles. The Balaban J connectivity index is 1.13. The fourth-order valence-electron chi connectivity index (χ4n) is 6.55. The third-order valence-electron chi connectivity index (χ3n) is 8.23. The van der Waals surface area contributed by atoms with Gasteiger partial charge in [-0.1, -0.05) is 48.5 Å². The summed E-state index contributed by atoms with van der Waals surface area (Å²) in [5, 5.41) is 12.7. The molecule has 2 atom stereocenters. The SMILES string of the molecule is O=C(N[C@H]1CCO[C@H]1C(=O)N1C2CCC1(C(=O)O)CC2)OCC1c2ccccc2-c2ccccc21. The second-order valence-electron chi connectivity index (χ2n) is 9.93. The third kappa shape index (κ3) is 3.42. The molecule has 35 heavy (non-hydrogen) atoms. The molecule has 1 aliphatic carbocycles. The van der Waals surface area contributed by atoms with E-state index >= 15 is 0 Å². The largest absolute Gasteiger partial charge is 0.479 e. The van der Waals surface area contributed by atoms with Crippen molar-refractivity contribution in [1.82, 2.24) is 10.2 Å². The fourth-order valence-corrected chi connectivity index (χ4v) is 6.55. The summed E-state index contributed by atoms with van der Waals surface area (Å²) in [5.74, 6) is -1.35. The highest BCUT2D eigenvalue weighted by Crippen LogP contribution is 2.47. The van der Waals surface area contributed by atoms with Gasteiger partial charge in [0.05, 0.1) is 6.04 Å². The molecule has 2 bridgehead atoms. The van der Waals surface area contributed by atoms with Crippen LogP contribution in [0.2, 0.25) is 0 Å². The van der Waals surface area contributed by atoms with Crippen LogP contribution in [0.3, 0.4) is 0 Å². The molecule has 182 valence electrons. The van der Waals surface area contributed by atoms with E-state index in [2.05, 4.69) is 29.6 Å². The molecule has 0 unspecified atom stereocenters. The average Bonchev–Trinajstić information content (AvgIpc) is 3.64. The Labute approximate surface area is 203 Å². The van der Waals surface area contributed by atoms with Gasteiger partial charge >= 0.3 is 12.1 Å². The Morgan fingerprint density at radius 1 is 1.00 bits per heavy atom. The summed E-state index contributed by atoms with van der Waals surface area (Å²) < 4.78 is 11.3. The molecule has 2 N–H and O–H groups in total. The molecule has 3 aliphatic heterocycles. The van der Waals surface area contributed by atoms with Crippen molar-refractivity contribution in [3.05, 3.63) is 59.7 Å². The van der Waals surface area contributed by atoms with E-state index in [0.717, 1.165) is 22.3 Å². The van der Waals surface area contributed by atoms with Crippen molar-refractivity contribution >= 4 is 18.0 Å². The molecular weight excluding hydrogens is 448 g/mol. The maximum Gasteiger partial charge on any atom is 0.407 e. The van der Waals surface area contributed by atoms with E-state index in [1.807, 2.05) is 24.3 Å². The van der Waals surface area contributed by atoms with Gasteiger partial charge in [-0.3, -0.25) is 4.79 Å². The highest BCUT2D eigenvalue weighted by molar-refractivity contribution is 5.92. The highest BCUT2D eigenvalue weighted by Gasteiger charge is 2.60. The molecule has 0 aromatic heterocycles. The van der Waals surface area contributed by atoms with Crippen molar-refractivity contribution < 1.29 is 29.0 Å². The Bertz CT molecular complexity index is 1140. The third-order valence-corrected chi connectivity index (χ3v) is 8.23. The van der Waals surface area contributed by atoms with E-state index in [1.54, 1.807) is 0 Å². The first-order chi connectivity index (χ1) is 17.0. The quantitative estimate of drug-likeness (QED) is 0.686. The zero-order valence-electron chi connectivity index (χ0n) is 19.3. The Kier molecular flexibility index (Phi) is 5.29. The summed E-state index contributed by atoms with van der Waals surface area (Å²) in [7, 11) is 0. The molecule has 4 aliphatic rings. The van der Waals surface area contributed by atoms with Crippen molar-refractivity contribution in [3.63, 3.8) is 0 Å². The molecule has 8 heteroatoms. The molecule has 3 heterocycles. The van der Waals surface area contributed by atoms with Crippen LogP contribution >= 0.6 is 0 Å².